The Balaban J connectivity index is 0.922. The molecule has 2 amide bonds. The molecular weight excluding hydrogens is 616 g/mol. The van der Waals surface area contributed by atoms with E-state index < -0.39 is 6.04 Å². The van der Waals surface area contributed by atoms with Crippen molar-refractivity contribution in [1.82, 2.24) is 34.9 Å². The molecule has 2 saturated heterocycles. The predicted molar refractivity (Wildman–Crippen MR) is 188 cm³/mol. The number of hydrogen-bond donors (Lipinski definition) is 3. The number of piperidine rings is 1. The van der Waals surface area contributed by atoms with E-state index in [-0.39, 0.29) is 17.6 Å². The van der Waals surface area contributed by atoms with Crippen LogP contribution in [-0.4, -0.2) is 72.6 Å². The van der Waals surface area contributed by atoms with Gasteiger partial charge in [-0.15, -0.1) is 10.2 Å². The normalized spacial score (nSPS) is 17.5. The Bertz CT molecular complexity index is 2210. The first-order valence-corrected chi connectivity index (χ1v) is 16.6. The largest absolute Gasteiger partial charge is 0.507 e. The Morgan fingerprint density at radius 3 is 2.29 bits per heavy atom. The number of nitrogen functional groups attached to an aromatic ring is 1. The van der Waals surface area contributed by atoms with Gasteiger partial charge in [0.2, 0.25) is 11.8 Å². The van der Waals surface area contributed by atoms with Gasteiger partial charge in [-0.05, 0) is 65.6 Å². The minimum atomic E-state index is -0.462. The lowest BCUT2D eigenvalue weighted by atomic mass is 10.0. The minimum absolute atomic E-state index is 0.150. The van der Waals surface area contributed by atoms with E-state index in [0.29, 0.717) is 29.9 Å². The first kappa shape index (κ1) is 30.7. The third-order valence-electron chi connectivity index (χ3n) is 9.69. The number of imide groups is 1. The third kappa shape index (κ3) is 5.98. The monoisotopic (exact) mass is 652 g/mol. The maximum Gasteiger partial charge on any atom is 0.249 e. The lowest BCUT2D eigenvalue weighted by molar-refractivity contribution is -0.135. The molecule has 2 fully saturated rings. The summed E-state index contributed by atoms with van der Waals surface area (Å²) in [5, 5.41) is 23.2. The van der Waals surface area contributed by atoms with Crippen molar-refractivity contribution in [3.05, 3.63) is 102 Å². The summed E-state index contributed by atoms with van der Waals surface area (Å²) in [6.07, 6.45) is 2.54. The zero-order chi connectivity index (χ0) is 33.5. The van der Waals surface area contributed by atoms with Crippen LogP contribution in [0.15, 0.2) is 91.1 Å². The highest BCUT2D eigenvalue weighted by Crippen LogP contribution is 2.35. The molecule has 0 bridgehead atoms. The molecular formula is C38H36N8O3. The molecule has 0 radical (unpaired) electrons. The van der Waals surface area contributed by atoms with E-state index in [2.05, 4.69) is 78.8 Å². The highest BCUT2D eigenvalue weighted by atomic mass is 16.3. The number of fused-ring (bicyclic) bond motifs is 3. The molecule has 3 aromatic heterocycles. The number of nitrogens with one attached hydrogen (secondary N) is 1. The standard InChI is InChI=1S/C38H36N8O3/c39-36-29(21-31(42-43-36)28-4-1-2-6-34(28)47)26-10-7-24(8-11-26)22-44-16-18-45(19-17-44)23-25-9-12-32-30(20-25)27-5-3-15-40-37(27)46(32)33-13-14-35(48)41-38(33)49/h1-12,15,20-21,33,47H,13-14,16-19,22-23H2,(H2,39,43)(H,41,48,49). The van der Waals surface area contributed by atoms with Gasteiger partial charge in [0, 0.05) is 73.8 Å². The number of para-hydroxylation sites is 1. The van der Waals surface area contributed by atoms with Crippen LogP contribution in [0.2, 0.25) is 0 Å². The van der Waals surface area contributed by atoms with Crippen molar-refractivity contribution in [3.8, 4) is 28.1 Å². The number of piperazine rings is 1. The van der Waals surface area contributed by atoms with Crippen LogP contribution in [-0.2, 0) is 22.7 Å². The SMILES string of the molecule is Nc1nnc(-c2ccccc2O)cc1-c1ccc(CN2CCN(Cc3ccc4c(c3)c3cccnc3n4C3CCC(=O)NC3=O)CC2)cc1. The summed E-state index contributed by atoms with van der Waals surface area (Å²) in [6.45, 7) is 5.56. The van der Waals surface area contributed by atoms with E-state index in [1.54, 1.807) is 18.3 Å². The average Bonchev–Trinajstić information content (AvgIpc) is 3.43. The van der Waals surface area contributed by atoms with E-state index in [9.17, 15) is 14.7 Å². The Kier molecular flexibility index (Phi) is 7.98. The van der Waals surface area contributed by atoms with Gasteiger partial charge in [-0.3, -0.25) is 24.7 Å². The van der Waals surface area contributed by atoms with Crippen molar-refractivity contribution >= 4 is 39.6 Å². The number of amides is 2. The fourth-order valence-corrected chi connectivity index (χ4v) is 7.13. The van der Waals surface area contributed by atoms with Crippen LogP contribution in [0, 0.1) is 0 Å². The lowest BCUT2D eigenvalue weighted by Crippen LogP contribution is -2.45. The number of rotatable bonds is 7. The molecule has 8 rings (SSSR count). The maximum atomic E-state index is 12.8. The van der Waals surface area contributed by atoms with Crippen molar-refractivity contribution < 1.29 is 14.7 Å². The molecule has 11 nitrogen and oxygen atoms in total. The quantitative estimate of drug-likeness (QED) is 0.205. The van der Waals surface area contributed by atoms with E-state index >= 15 is 0 Å². The van der Waals surface area contributed by atoms with Gasteiger partial charge in [-0.1, -0.05) is 42.5 Å². The zero-order valence-electron chi connectivity index (χ0n) is 26.9. The molecule has 6 aromatic rings. The van der Waals surface area contributed by atoms with Crippen molar-refractivity contribution in [3.63, 3.8) is 0 Å². The number of aromatic hydroxyl groups is 1. The number of carbonyl (C=O) groups excluding carboxylic acids is 2. The van der Waals surface area contributed by atoms with Gasteiger partial charge in [0.15, 0.2) is 5.82 Å². The van der Waals surface area contributed by atoms with Gasteiger partial charge in [0.25, 0.3) is 0 Å². The van der Waals surface area contributed by atoms with Crippen LogP contribution in [0.3, 0.4) is 0 Å². The highest BCUT2D eigenvalue weighted by Gasteiger charge is 2.31. The molecule has 0 saturated carbocycles. The van der Waals surface area contributed by atoms with Gasteiger partial charge in [0.05, 0.1) is 11.2 Å². The van der Waals surface area contributed by atoms with Crippen LogP contribution in [0.1, 0.15) is 30.0 Å². The van der Waals surface area contributed by atoms with Crippen LogP contribution in [0.5, 0.6) is 5.75 Å². The molecule has 0 spiro atoms. The van der Waals surface area contributed by atoms with Gasteiger partial charge in [-0.2, -0.15) is 0 Å². The van der Waals surface area contributed by atoms with Gasteiger partial charge in [-0.25, -0.2) is 4.98 Å². The fraction of sp³-hybridized carbons (Fsp3) is 0.237. The summed E-state index contributed by atoms with van der Waals surface area (Å²) in [6, 6.07) is 27.3. The third-order valence-corrected chi connectivity index (χ3v) is 9.69. The summed E-state index contributed by atoms with van der Waals surface area (Å²) in [4.78, 5) is 34.2. The van der Waals surface area contributed by atoms with Crippen LogP contribution in [0.4, 0.5) is 5.82 Å². The Morgan fingerprint density at radius 2 is 1.53 bits per heavy atom. The predicted octanol–water partition coefficient (Wildman–Crippen LogP) is 4.90. The first-order chi connectivity index (χ1) is 23.9. The van der Waals surface area contributed by atoms with E-state index in [1.165, 1.54) is 11.1 Å². The van der Waals surface area contributed by atoms with Gasteiger partial charge in [0.1, 0.15) is 17.4 Å². The zero-order valence-corrected chi connectivity index (χ0v) is 26.9. The smallest absolute Gasteiger partial charge is 0.249 e. The molecule has 1 atom stereocenters. The molecule has 49 heavy (non-hydrogen) atoms. The molecule has 11 heteroatoms. The Morgan fingerprint density at radius 1 is 0.796 bits per heavy atom. The number of hydrogen-bond acceptors (Lipinski definition) is 9. The Labute approximate surface area is 283 Å². The number of benzene rings is 3. The van der Waals surface area contributed by atoms with E-state index in [1.807, 2.05) is 28.8 Å². The summed E-state index contributed by atoms with van der Waals surface area (Å²) in [5.41, 5.74) is 13.3. The number of phenolic OH excluding ortho intramolecular Hbond substituents is 1. The summed E-state index contributed by atoms with van der Waals surface area (Å²) < 4.78 is 2.00. The molecule has 3 aromatic carbocycles. The van der Waals surface area contributed by atoms with Crippen molar-refractivity contribution in [2.45, 2.75) is 32.0 Å². The van der Waals surface area contributed by atoms with Crippen molar-refractivity contribution in [2.75, 3.05) is 31.9 Å². The summed E-state index contributed by atoms with van der Waals surface area (Å²) in [7, 11) is 0. The lowest BCUT2D eigenvalue weighted by Gasteiger charge is -2.34. The highest BCUT2D eigenvalue weighted by molar-refractivity contribution is 6.09. The molecule has 246 valence electrons. The van der Waals surface area contributed by atoms with E-state index in [0.717, 1.165) is 72.3 Å². The minimum Gasteiger partial charge on any atom is -0.507 e. The number of aromatic nitrogens is 4. The number of carbonyl (C=O) groups is 2. The second-order valence-corrected chi connectivity index (χ2v) is 12.9. The number of nitrogens with two attached hydrogens (primary N) is 1. The molecule has 2 aliphatic rings. The number of anilines is 1. The number of phenols is 1. The van der Waals surface area contributed by atoms with Gasteiger partial charge >= 0.3 is 0 Å². The second kappa shape index (κ2) is 12.8. The molecule has 1 unspecified atom stereocenters. The number of nitrogens with zero attached hydrogens (tertiary/aromatic N) is 6. The van der Waals surface area contributed by atoms with Crippen LogP contribution in [0.25, 0.3) is 44.3 Å². The fourth-order valence-electron chi connectivity index (χ4n) is 7.13. The van der Waals surface area contributed by atoms with E-state index in [4.69, 9.17) is 5.73 Å². The van der Waals surface area contributed by atoms with Crippen molar-refractivity contribution in [1.29, 1.82) is 0 Å². The van der Waals surface area contributed by atoms with Crippen molar-refractivity contribution in [2.24, 2.45) is 0 Å². The first-order valence-electron chi connectivity index (χ1n) is 16.6. The average molecular weight is 653 g/mol. The number of pyridine rings is 1. The molecule has 2 aliphatic heterocycles. The molecule has 0 aliphatic carbocycles. The Hall–Kier alpha value is -5.65. The topological polar surface area (TPSA) is 142 Å². The summed E-state index contributed by atoms with van der Waals surface area (Å²) >= 11 is 0. The van der Waals surface area contributed by atoms with Crippen LogP contribution >= 0.6 is 0 Å². The summed E-state index contributed by atoms with van der Waals surface area (Å²) in [5.74, 6) is 0.00476. The van der Waals surface area contributed by atoms with Crippen LogP contribution < -0.4 is 11.1 Å². The molecule has 5 heterocycles. The van der Waals surface area contributed by atoms with Gasteiger partial charge < -0.3 is 15.4 Å². The maximum absolute atomic E-state index is 12.8. The molecule has 4 N–H and O–H groups in total. The second-order valence-electron chi connectivity index (χ2n) is 12.9.